The van der Waals surface area contributed by atoms with Gasteiger partial charge in [0.1, 0.15) is 6.07 Å². The second-order valence-corrected chi connectivity index (χ2v) is 4.57. The summed E-state index contributed by atoms with van der Waals surface area (Å²) in [6, 6.07) is 7.78. The highest BCUT2D eigenvalue weighted by Gasteiger charge is 2.13. The number of amidine groups is 1. The SMILES string of the molecule is CN1CCc2ccc(N/N=C(\C#N)C(=N)N)cc2C1. The van der Waals surface area contributed by atoms with Crippen molar-refractivity contribution in [3.05, 3.63) is 29.3 Å². The van der Waals surface area contributed by atoms with Crippen molar-refractivity contribution in [1.82, 2.24) is 4.90 Å². The molecule has 0 amide bonds. The van der Waals surface area contributed by atoms with Crippen LogP contribution in [0.1, 0.15) is 11.1 Å². The van der Waals surface area contributed by atoms with Gasteiger partial charge < -0.3 is 10.6 Å². The van der Waals surface area contributed by atoms with Crippen molar-refractivity contribution in [2.45, 2.75) is 13.0 Å². The largest absolute Gasteiger partial charge is 0.382 e. The predicted octanol–water partition coefficient (Wildman–Crippen LogP) is 0.902. The van der Waals surface area contributed by atoms with E-state index in [1.165, 1.54) is 11.1 Å². The summed E-state index contributed by atoms with van der Waals surface area (Å²) in [5.41, 5.74) is 11.3. The van der Waals surface area contributed by atoms with Crippen LogP contribution in [0.15, 0.2) is 23.3 Å². The first-order valence-corrected chi connectivity index (χ1v) is 5.98. The van der Waals surface area contributed by atoms with E-state index in [1.807, 2.05) is 12.1 Å². The van der Waals surface area contributed by atoms with Gasteiger partial charge in [0.2, 0.25) is 5.71 Å². The van der Waals surface area contributed by atoms with Gasteiger partial charge in [0.05, 0.1) is 5.69 Å². The first kappa shape index (κ1) is 13.1. The quantitative estimate of drug-likeness (QED) is 0.425. The average Bonchev–Trinajstić information content (AvgIpc) is 2.38. The Morgan fingerprint density at radius 2 is 2.32 bits per heavy atom. The number of hydrogen-bond acceptors (Lipinski definition) is 5. The zero-order valence-electron chi connectivity index (χ0n) is 10.8. The third-order valence-electron chi connectivity index (χ3n) is 3.07. The molecule has 0 fully saturated rings. The Balaban J connectivity index is 2.17. The van der Waals surface area contributed by atoms with Crippen molar-refractivity contribution < 1.29 is 0 Å². The summed E-state index contributed by atoms with van der Waals surface area (Å²) in [6.45, 7) is 1.98. The Morgan fingerprint density at radius 3 is 3.00 bits per heavy atom. The lowest BCUT2D eigenvalue weighted by Crippen LogP contribution is -2.26. The third kappa shape index (κ3) is 3.09. The molecular weight excluding hydrogens is 240 g/mol. The molecule has 0 saturated heterocycles. The van der Waals surface area contributed by atoms with Crippen molar-refractivity contribution in [2.24, 2.45) is 10.8 Å². The number of benzene rings is 1. The number of nitrogens with two attached hydrogens (primary N) is 1. The van der Waals surface area contributed by atoms with E-state index < -0.39 is 0 Å². The van der Waals surface area contributed by atoms with Crippen LogP contribution < -0.4 is 11.2 Å². The molecule has 4 N–H and O–H groups in total. The number of likely N-dealkylation sites (N-methyl/N-ethyl adjacent to an activating group) is 1. The summed E-state index contributed by atoms with van der Waals surface area (Å²) in [5, 5.41) is 19.7. The molecule has 0 atom stereocenters. The summed E-state index contributed by atoms with van der Waals surface area (Å²) in [6.07, 6.45) is 1.05. The van der Waals surface area contributed by atoms with Gasteiger partial charge in [0.25, 0.3) is 0 Å². The maximum absolute atomic E-state index is 8.75. The van der Waals surface area contributed by atoms with E-state index in [0.717, 1.165) is 25.2 Å². The van der Waals surface area contributed by atoms with E-state index in [9.17, 15) is 0 Å². The summed E-state index contributed by atoms with van der Waals surface area (Å²) >= 11 is 0. The molecule has 0 aromatic heterocycles. The van der Waals surface area contributed by atoms with Gasteiger partial charge in [-0.05, 0) is 36.7 Å². The molecule has 2 rings (SSSR count). The lowest BCUT2D eigenvalue weighted by atomic mass is 10.00. The Labute approximate surface area is 112 Å². The summed E-state index contributed by atoms with van der Waals surface area (Å²) < 4.78 is 0. The number of hydrazone groups is 1. The normalized spacial score (nSPS) is 15.5. The third-order valence-corrected chi connectivity index (χ3v) is 3.07. The Kier molecular flexibility index (Phi) is 3.78. The minimum atomic E-state index is -0.340. The fourth-order valence-corrected chi connectivity index (χ4v) is 2.03. The fourth-order valence-electron chi connectivity index (χ4n) is 2.03. The van der Waals surface area contributed by atoms with Crippen LogP contribution in [0.25, 0.3) is 0 Å². The zero-order chi connectivity index (χ0) is 13.8. The Bertz CT molecular complexity index is 569. The highest BCUT2D eigenvalue weighted by atomic mass is 15.3. The van der Waals surface area contributed by atoms with Gasteiger partial charge in [-0.2, -0.15) is 10.4 Å². The van der Waals surface area contributed by atoms with Gasteiger partial charge in [0, 0.05) is 13.1 Å². The number of rotatable bonds is 3. The fraction of sp³-hybridized carbons (Fsp3) is 0.308. The first-order valence-electron chi connectivity index (χ1n) is 5.98. The molecule has 0 bridgehead atoms. The van der Waals surface area contributed by atoms with E-state index in [1.54, 1.807) is 6.07 Å². The minimum absolute atomic E-state index is 0.116. The molecule has 1 aliphatic heterocycles. The molecule has 1 aromatic carbocycles. The van der Waals surface area contributed by atoms with E-state index >= 15 is 0 Å². The zero-order valence-corrected chi connectivity index (χ0v) is 10.8. The van der Waals surface area contributed by atoms with E-state index in [4.69, 9.17) is 16.4 Å². The van der Waals surface area contributed by atoms with Crippen molar-refractivity contribution in [3.8, 4) is 6.07 Å². The maximum Gasteiger partial charge on any atom is 0.201 e. The molecule has 0 aliphatic carbocycles. The monoisotopic (exact) mass is 256 g/mol. The molecule has 1 aromatic rings. The van der Waals surface area contributed by atoms with Crippen molar-refractivity contribution in [1.29, 1.82) is 10.7 Å². The highest BCUT2D eigenvalue weighted by molar-refractivity contribution is 6.45. The molecular formula is C13H16N6. The number of anilines is 1. The van der Waals surface area contributed by atoms with Gasteiger partial charge in [-0.1, -0.05) is 6.07 Å². The molecule has 0 radical (unpaired) electrons. The van der Waals surface area contributed by atoms with Crippen LogP contribution in [-0.2, 0) is 13.0 Å². The second-order valence-electron chi connectivity index (χ2n) is 4.57. The van der Waals surface area contributed by atoms with Gasteiger partial charge in [-0.3, -0.25) is 10.8 Å². The molecule has 0 saturated carbocycles. The number of nitrogens with one attached hydrogen (secondary N) is 2. The molecule has 1 aliphatic rings. The molecule has 6 heteroatoms. The first-order chi connectivity index (χ1) is 9.10. The summed E-state index contributed by atoms with van der Waals surface area (Å²) in [4.78, 5) is 2.26. The average molecular weight is 256 g/mol. The van der Waals surface area contributed by atoms with Crippen LogP contribution in [0.4, 0.5) is 5.69 Å². The molecule has 98 valence electrons. The molecule has 6 nitrogen and oxygen atoms in total. The predicted molar refractivity (Wildman–Crippen MR) is 75.1 cm³/mol. The number of nitrogens with zero attached hydrogens (tertiary/aromatic N) is 3. The highest BCUT2D eigenvalue weighted by Crippen LogP contribution is 2.21. The van der Waals surface area contributed by atoms with Crippen LogP contribution in [-0.4, -0.2) is 30.0 Å². The lowest BCUT2D eigenvalue weighted by Gasteiger charge is -2.25. The second kappa shape index (κ2) is 5.50. The van der Waals surface area contributed by atoms with Crippen molar-refractivity contribution in [3.63, 3.8) is 0 Å². The standard InChI is InChI=1S/C13H16N6/c1-19-5-4-9-2-3-11(6-10(9)8-19)17-18-12(7-14)13(15)16/h2-3,6,17H,4-5,8H2,1H3,(H3,15,16)/b18-12+. The van der Waals surface area contributed by atoms with Crippen LogP contribution in [0.3, 0.4) is 0 Å². The van der Waals surface area contributed by atoms with Crippen LogP contribution in [0.2, 0.25) is 0 Å². The van der Waals surface area contributed by atoms with Crippen molar-refractivity contribution >= 4 is 17.2 Å². The Hall–Kier alpha value is -2.39. The minimum Gasteiger partial charge on any atom is -0.382 e. The van der Waals surface area contributed by atoms with Crippen LogP contribution >= 0.6 is 0 Å². The maximum atomic E-state index is 8.75. The topological polar surface area (TPSA) is 101 Å². The summed E-state index contributed by atoms with van der Waals surface area (Å²) in [7, 11) is 2.09. The van der Waals surface area contributed by atoms with Crippen molar-refractivity contribution in [2.75, 3.05) is 19.0 Å². The smallest absolute Gasteiger partial charge is 0.201 e. The number of hydrogen-bond donors (Lipinski definition) is 3. The van der Waals surface area contributed by atoms with Gasteiger partial charge >= 0.3 is 0 Å². The van der Waals surface area contributed by atoms with Gasteiger partial charge in [0.15, 0.2) is 5.84 Å². The molecule has 0 unspecified atom stereocenters. The Morgan fingerprint density at radius 1 is 1.53 bits per heavy atom. The molecule has 0 spiro atoms. The van der Waals surface area contributed by atoms with Crippen LogP contribution in [0.5, 0.6) is 0 Å². The number of fused-ring (bicyclic) bond motifs is 1. The van der Waals surface area contributed by atoms with E-state index in [2.05, 4.69) is 28.5 Å². The molecule has 1 heterocycles. The molecule has 19 heavy (non-hydrogen) atoms. The van der Waals surface area contributed by atoms with E-state index in [0.29, 0.717) is 0 Å². The number of nitriles is 1. The van der Waals surface area contributed by atoms with Gasteiger partial charge in [-0.15, -0.1) is 0 Å². The van der Waals surface area contributed by atoms with E-state index in [-0.39, 0.29) is 11.5 Å². The lowest BCUT2D eigenvalue weighted by molar-refractivity contribution is 0.313. The van der Waals surface area contributed by atoms with Crippen LogP contribution in [0, 0.1) is 16.7 Å². The summed E-state index contributed by atoms with van der Waals surface area (Å²) in [5.74, 6) is -0.340. The van der Waals surface area contributed by atoms with Gasteiger partial charge in [-0.25, -0.2) is 0 Å².